The molecule has 1 aromatic rings. The van der Waals surface area contributed by atoms with Gasteiger partial charge < -0.3 is 10.2 Å². The number of hydrogen-bond donors (Lipinski definition) is 2. The third kappa shape index (κ3) is 10.7. The summed E-state index contributed by atoms with van der Waals surface area (Å²) in [6, 6.07) is 5.21. The van der Waals surface area contributed by atoms with Crippen molar-refractivity contribution in [2.45, 2.75) is 84.0 Å². The highest BCUT2D eigenvalue weighted by molar-refractivity contribution is 5.44. The maximum Gasteiger partial charge on any atom is 0.160 e. The third-order valence-corrected chi connectivity index (χ3v) is 4.48. The number of allylic oxidation sites excluding steroid dienone is 4. The molecule has 0 heterocycles. The Hall–Kier alpha value is -1.70. The topological polar surface area (TPSA) is 40.5 Å². The van der Waals surface area contributed by atoms with Crippen LogP contribution in [0, 0.1) is 0 Å². The average molecular weight is 345 g/mol. The molecule has 25 heavy (non-hydrogen) atoms. The Bertz CT molecular complexity index is 503. The van der Waals surface area contributed by atoms with E-state index in [-0.39, 0.29) is 11.5 Å². The first kappa shape index (κ1) is 21.3. The molecule has 0 spiro atoms. The largest absolute Gasteiger partial charge is 0.504 e. The van der Waals surface area contributed by atoms with Crippen LogP contribution in [-0.2, 0) is 6.42 Å². The zero-order chi connectivity index (χ0) is 18.2. The minimum atomic E-state index is -0.0106. The molecule has 0 aliphatic carbocycles. The summed E-state index contributed by atoms with van der Waals surface area (Å²) < 4.78 is 0. The summed E-state index contributed by atoms with van der Waals surface area (Å²) in [5, 5.41) is 19.2. The molecule has 140 valence electrons. The lowest BCUT2D eigenvalue weighted by Crippen LogP contribution is -1.87. The van der Waals surface area contributed by atoms with Crippen LogP contribution in [-0.4, -0.2) is 10.2 Å². The number of para-hydroxylation sites is 1. The van der Waals surface area contributed by atoms with E-state index in [0.29, 0.717) is 0 Å². The number of benzene rings is 1. The molecule has 2 nitrogen and oxygen atoms in total. The van der Waals surface area contributed by atoms with Gasteiger partial charge in [-0.1, -0.05) is 81.9 Å². The number of phenolic OH excluding ortho intramolecular Hbond substituents is 2. The SMILES string of the molecule is CCC/C=C\C/C=C\CCCCCCCCCc1cccc(O)c1O. The molecular formula is C23H36O2. The highest BCUT2D eigenvalue weighted by atomic mass is 16.3. The molecule has 0 atom stereocenters. The number of phenols is 2. The summed E-state index contributed by atoms with van der Waals surface area (Å²) in [7, 11) is 0. The Balaban J connectivity index is 1.90. The Morgan fingerprint density at radius 3 is 2.12 bits per heavy atom. The van der Waals surface area contributed by atoms with Gasteiger partial charge in [0.1, 0.15) is 0 Å². The van der Waals surface area contributed by atoms with Crippen LogP contribution in [0.25, 0.3) is 0 Å². The van der Waals surface area contributed by atoms with Crippen molar-refractivity contribution < 1.29 is 10.2 Å². The molecule has 1 aromatic carbocycles. The van der Waals surface area contributed by atoms with E-state index in [1.807, 2.05) is 6.07 Å². The van der Waals surface area contributed by atoms with Gasteiger partial charge in [-0.3, -0.25) is 0 Å². The number of aromatic hydroxyl groups is 2. The Morgan fingerprint density at radius 1 is 0.760 bits per heavy atom. The van der Waals surface area contributed by atoms with Gasteiger partial charge in [0, 0.05) is 0 Å². The lowest BCUT2D eigenvalue weighted by Gasteiger charge is -2.06. The maximum atomic E-state index is 9.75. The fraction of sp³-hybridized carbons (Fsp3) is 0.565. The van der Waals surface area contributed by atoms with Crippen LogP contribution in [0.1, 0.15) is 83.1 Å². The number of unbranched alkanes of at least 4 members (excludes halogenated alkanes) is 8. The van der Waals surface area contributed by atoms with Crippen molar-refractivity contribution >= 4 is 0 Å². The normalized spacial score (nSPS) is 11.7. The molecule has 0 saturated carbocycles. The van der Waals surface area contributed by atoms with Crippen molar-refractivity contribution in [3.63, 3.8) is 0 Å². The van der Waals surface area contributed by atoms with Gasteiger partial charge in [-0.2, -0.15) is 0 Å². The predicted octanol–water partition coefficient (Wildman–Crippen LogP) is 7.06. The molecule has 0 saturated heterocycles. The van der Waals surface area contributed by atoms with Crippen molar-refractivity contribution in [3.05, 3.63) is 48.1 Å². The quantitative estimate of drug-likeness (QED) is 0.215. The van der Waals surface area contributed by atoms with Gasteiger partial charge in [0.2, 0.25) is 0 Å². The second-order valence-electron chi connectivity index (χ2n) is 6.77. The van der Waals surface area contributed by atoms with Crippen LogP contribution in [0.4, 0.5) is 0 Å². The summed E-state index contributed by atoms with van der Waals surface area (Å²) in [6.07, 6.45) is 23.5. The van der Waals surface area contributed by atoms with Crippen molar-refractivity contribution in [1.29, 1.82) is 0 Å². The van der Waals surface area contributed by atoms with Gasteiger partial charge in [0.05, 0.1) is 0 Å². The molecule has 0 bridgehead atoms. The van der Waals surface area contributed by atoms with Crippen LogP contribution in [0.2, 0.25) is 0 Å². The second-order valence-corrected chi connectivity index (χ2v) is 6.77. The number of rotatable bonds is 14. The first-order valence-electron chi connectivity index (χ1n) is 10.1. The van der Waals surface area contributed by atoms with Crippen LogP contribution in [0.5, 0.6) is 11.5 Å². The smallest absolute Gasteiger partial charge is 0.160 e. The highest BCUT2D eigenvalue weighted by Crippen LogP contribution is 2.29. The summed E-state index contributed by atoms with van der Waals surface area (Å²) in [5.74, 6) is 0.0416. The minimum absolute atomic E-state index is 0.0106. The number of aryl methyl sites for hydroxylation is 1. The van der Waals surface area contributed by atoms with E-state index < -0.39 is 0 Å². The van der Waals surface area contributed by atoms with Crippen molar-refractivity contribution in [2.24, 2.45) is 0 Å². The molecule has 0 fully saturated rings. The fourth-order valence-electron chi connectivity index (χ4n) is 2.91. The van der Waals surface area contributed by atoms with Crippen molar-refractivity contribution in [2.75, 3.05) is 0 Å². The van der Waals surface area contributed by atoms with Gasteiger partial charge >= 0.3 is 0 Å². The molecule has 0 unspecified atom stereocenters. The van der Waals surface area contributed by atoms with E-state index in [2.05, 4.69) is 31.2 Å². The van der Waals surface area contributed by atoms with Crippen LogP contribution >= 0.6 is 0 Å². The summed E-state index contributed by atoms with van der Waals surface area (Å²) in [4.78, 5) is 0. The Morgan fingerprint density at radius 2 is 1.40 bits per heavy atom. The lowest BCUT2D eigenvalue weighted by atomic mass is 10.0. The van der Waals surface area contributed by atoms with Crippen molar-refractivity contribution in [1.82, 2.24) is 0 Å². The maximum absolute atomic E-state index is 9.75. The van der Waals surface area contributed by atoms with E-state index >= 15 is 0 Å². The van der Waals surface area contributed by atoms with Crippen LogP contribution < -0.4 is 0 Å². The van der Waals surface area contributed by atoms with Crippen molar-refractivity contribution in [3.8, 4) is 11.5 Å². The average Bonchev–Trinajstić information content (AvgIpc) is 2.61. The molecule has 0 aromatic heterocycles. The van der Waals surface area contributed by atoms with Crippen LogP contribution in [0.3, 0.4) is 0 Å². The fourth-order valence-corrected chi connectivity index (χ4v) is 2.91. The first-order valence-corrected chi connectivity index (χ1v) is 10.1. The zero-order valence-electron chi connectivity index (χ0n) is 15.9. The standard InChI is InChI=1S/C23H36O2/c1-2-3-4-5-6-7-8-9-10-11-12-13-14-15-16-18-21-19-17-20-22(24)23(21)25/h4-5,7-8,17,19-20,24-25H,2-3,6,9-16,18H2,1H3/b5-4-,8-7-. The van der Waals surface area contributed by atoms with Gasteiger partial charge in [-0.25, -0.2) is 0 Å². The van der Waals surface area contributed by atoms with E-state index in [0.717, 1.165) is 24.8 Å². The second kappa shape index (κ2) is 14.6. The van der Waals surface area contributed by atoms with Gasteiger partial charge in [-0.05, 0) is 50.2 Å². The van der Waals surface area contributed by atoms with Crippen LogP contribution in [0.15, 0.2) is 42.5 Å². The highest BCUT2D eigenvalue weighted by Gasteiger charge is 2.04. The monoisotopic (exact) mass is 344 g/mol. The van der Waals surface area contributed by atoms with E-state index in [1.54, 1.807) is 6.07 Å². The first-order chi connectivity index (χ1) is 12.3. The van der Waals surface area contributed by atoms with E-state index in [1.165, 1.54) is 63.9 Å². The third-order valence-electron chi connectivity index (χ3n) is 4.48. The molecule has 1 rings (SSSR count). The zero-order valence-corrected chi connectivity index (χ0v) is 15.9. The molecule has 0 aliphatic heterocycles. The van der Waals surface area contributed by atoms with Gasteiger partial charge in [0.25, 0.3) is 0 Å². The van der Waals surface area contributed by atoms with Gasteiger partial charge in [0.15, 0.2) is 11.5 Å². The molecule has 0 amide bonds. The Kier molecular flexibility index (Phi) is 12.5. The molecule has 0 aliphatic rings. The lowest BCUT2D eigenvalue weighted by molar-refractivity contribution is 0.398. The van der Waals surface area contributed by atoms with E-state index in [4.69, 9.17) is 0 Å². The molecule has 2 N–H and O–H groups in total. The summed E-state index contributed by atoms with van der Waals surface area (Å²) >= 11 is 0. The summed E-state index contributed by atoms with van der Waals surface area (Å²) in [6.45, 7) is 2.21. The Labute approximate surface area is 154 Å². The predicted molar refractivity (Wildman–Crippen MR) is 108 cm³/mol. The van der Waals surface area contributed by atoms with Gasteiger partial charge in [-0.15, -0.1) is 0 Å². The van der Waals surface area contributed by atoms with E-state index in [9.17, 15) is 10.2 Å². The minimum Gasteiger partial charge on any atom is -0.504 e. The molecular weight excluding hydrogens is 308 g/mol. The molecule has 2 heteroatoms. The molecule has 0 radical (unpaired) electrons. The summed E-state index contributed by atoms with van der Waals surface area (Å²) in [5.41, 5.74) is 0.858. The number of hydrogen-bond acceptors (Lipinski definition) is 2.